The predicted molar refractivity (Wildman–Crippen MR) is 146 cm³/mol. The Morgan fingerprint density at radius 2 is 0.848 bits per heavy atom. The standard InChI is InChI=1S/C32H50O/c1-5-7-9-11-13-15-17-23-29-27(3)21-19-25-31(29)33-32-26-20-22-28(4)30(32)24-18-16-14-12-10-8-6-2/h19-22,25-26H,5-18,23-24H2,1-4H3. The molecule has 2 aromatic rings. The molecule has 0 atom stereocenters. The SMILES string of the molecule is CCCCCCCCCc1c(C)cccc1Oc1cccc(C)c1CCCCCCCCC. The lowest BCUT2D eigenvalue weighted by molar-refractivity contribution is 0.464. The summed E-state index contributed by atoms with van der Waals surface area (Å²) in [6, 6.07) is 13.1. The zero-order valence-electron chi connectivity index (χ0n) is 22.2. The van der Waals surface area contributed by atoms with E-state index >= 15 is 0 Å². The number of hydrogen-bond donors (Lipinski definition) is 0. The molecule has 0 spiro atoms. The van der Waals surface area contributed by atoms with Crippen molar-refractivity contribution in [2.45, 2.75) is 130 Å². The fourth-order valence-corrected chi connectivity index (χ4v) is 4.82. The van der Waals surface area contributed by atoms with Crippen LogP contribution in [0.15, 0.2) is 36.4 Å². The number of aryl methyl sites for hydroxylation is 2. The summed E-state index contributed by atoms with van der Waals surface area (Å²) in [5.74, 6) is 2.12. The minimum absolute atomic E-state index is 1.06. The van der Waals surface area contributed by atoms with Gasteiger partial charge in [-0.25, -0.2) is 0 Å². The van der Waals surface area contributed by atoms with Gasteiger partial charge in [0.1, 0.15) is 11.5 Å². The van der Waals surface area contributed by atoms with E-state index in [0.717, 1.165) is 24.3 Å². The van der Waals surface area contributed by atoms with Gasteiger partial charge in [0.2, 0.25) is 0 Å². The third-order valence-corrected chi connectivity index (χ3v) is 7.02. The molecule has 0 unspecified atom stereocenters. The highest BCUT2D eigenvalue weighted by molar-refractivity contribution is 5.46. The van der Waals surface area contributed by atoms with E-state index in [0.29, 0.717) is 0 Å². The van der Waals surface area contributed by atoms with Crippen LogP contribution in [0.5, 0.6) is 11.5 Å². The van der Waals surface area contributed by atoms with E-state index in [1.54, 1.807) is 0 Å². The highest BCUT2D eigenvalue weighted by Gasteiger charge is 2.12. The Morgan fingerprint density at radius 1 is 0.485 bits per heavy atom. The van der Waals surface area contributed by atoms with Crippen LogP contribution >= 0.6 is 0 Å². The topological polar surface area (TPSA) is 9.23 Å². The van der Waals surface area contributed by atoms with E-state index in [-0.39, 0.29) is 0 Å². The lowest BCUT2D eigenvalue weighted by Gasteiger charge is -2.17. The van der Waals surface area contributed by atoms with E-state index in [1.165, 1.54) is 112 Å². The lowest BCUT2D eigenvalue weighted by Crippen LogP contribution is -2.00. The van der Waals surface area contributed by atoms with Crippen molar-refractivity contribution in [3.63, 3.8) is 0 Å². The fourth-order valence-electron chi connectivity index (χ4n) is 4.82. The number of hydrogen-bond acceptors (Lipinski definition) is 1. The van der Waals surface area contributed by atoms with Crippen molar-refractivity contribution in [1.29, 1.82) is 0 Å². The molecule has 0 saturated carbocycles. The summed E-state index contributed by atoms with van der Waals surface area (Å²) < 4.78 is 6.62. The largest absolute Gasteiger partial charge is 0.457 e. The molecule has 0 aromatic heterocycles. The first-order valence-corrected chi connectivity index (χ1v) is 14.0. The Labute approximate surface area is 205 Å². The van der Waals surface area contributed by atoms with Gasteiger partial charge in [0.05, 0.1) is 0 Å². The third kappa shape index (κ3) is 10.4. The smallest absolute Gasteiger partial charge is 0.130 e. The summed E-state index contributed by atoms with van der Waals surface area (Å²) in [5, 5.41) is 0. The first kappa shape index (κ1) is 27.5. The van der Waals surface area contributed by atoms with Crippen LogP contribution in [0.25, 0.3) is 0 Å². The fraction of sp³-hybridized carbons (Fsp3) is 0.625. The second-order valence-corrected chi connectivity index (χ2v) is 9.95. The summed E-state index contributed by atoms with van der Waals surface area (Å²) in [6.45, 7) is 9.04. The van der Waals surface area contributed by atoms with Crippen molar-refractivity contribution in [3.05, 3.63) is 58.7 Å². The molecule has 0 aliphatic rings. The highest BCUT2D eigenvalue weighted by Crippen LogP contribution is 2.33. The van der Waals surface area contributed by atoms with Gasteiger partial charge in [-0.2, -0.15) is 0 Å². The molecule has 33 heavy (non-hydrogen) atoms. The van der Waals surface area contributed by atoms with Gasteiger partial charge in [-0.05, 0) is 73.9 Å². The lowest BCUT2D eigenvalue weighted by atomic mass is 9.99. The zero-order chi connectivity index (χ0) is 23.7. The van der Waals surface area contributed by atoms with Gasteiger partial charge in [0.25, 0.3) is 0 Å². The van der Waals surface area contributed by atoms with Gasteiger partial charge in [-0.15, -0.1) is 0 Å². The second kappa shape index (κ2) is 16.8. The molecular weight excluding hydrogens is 400 g/mol. The summed E-state index contributed by atoms with van der Waals surface area (Å²) >= 11 is 0. The third-order valence-electron chi connectivity index (χ3n) is 7.02. The molecule has 0 N–H and O–H groups in total. The van der Waals surface area contributed by atoms with Crippen LogP contribution in [0.2, 0.25) is 0 Å². The van der Waals surface area contributed by atoms with Gasteiger partial charge in [0.15, 0.2) is 0 Å². The van der Waals surface area contributed by atoms with Crippen LogP contribution in [0.1, 0.15) is 126 Å². The molecule has 0 heterocycles. The second-order valence-electron chi connectivity index (χ2n) is 9.95. The summed E-state index contributed by atoms with van der Waals surface area (Å²) in [7, 11) is 0. The molecule has 1 heteroatoms. The predicted octanol–water partition coefficient (Wildman–Crippen LogP) is 10.7. The number of ether oxygens (including phenoxy) is 1. The van der Waals surface area contributed by atoms with Gasteiger partial charge < -0.3 is 4.74 Å². The average molecular weight is 451 g/mol. The normalized spacial score (nSPS) is 11.2. The maximum atomic E-state index is 6.62. The van der Waals surface area contributed by atoms with Gasteiger partial charge in [-0.1, -0.05) is 115 Å². The van der Waals surface area contributed by atoms with E-state index in [4.69, 9.17) is 4.74 Å². The average Bonchev–Trinajstić information content (AvgIpc) is 2.81. The Bertz CT molecular complexity index is 711. The quantitative estimate of drug-likeness (QED) is 0.205. The van der Waals surface area contributed by atoms with Crippen molar-refractivity contribution in [2.24, 2.45) is 0 Å². The van der Waals surface area contributed by atoms with E-state index in [9.17, 15) is 0 Å². The van der Waals surface area contributed by atoms with Crippen LogP contribution in [-0.4, -0.2) is 0 Å². The van der Waals surface area contributed by atoms with E-state index < -0.39 is 0 Å². The van der Waals surface area contributed by atoms with E-state index in [1.807, 2.05) is 0 Å². The van der Waals surface area contributed by atoms with Crippen LogP contribution in [0.3, 0.4) is 0 Å². The zero-order valence-corrected chi connectivity index (χ0v) is 22.2. The Hall–Kier alpha value is -1.76. The molecule has 0 aliphatic heterocycles. The first-order valence-electron chi connectivity index (χ1n) is 14.0. The monoisotopic (exact) mass is 450 g/mol. The molecular formula is C32H50O. The number of rotatable bonds is 18. The van der Waals surface area contributed by atoms with Crippen LogP contribution < -0.4 is 4.74 Å². The Kier molecular flexibility index (Phi) is 14.0. The van der Waals surface area contributed by atoms with Gasteiger partial charge >= 0.3 is 0 Å². The highest BCUT2D eigenvalue weighted by atomic mass is 16.5. The van der Waals surface area contributed by atoms with Crippen molar-refractivity contribution in [1.82, 2.24) is 0 Å². The summed E-state index contributed by atoms with van der Waals surface area (Å²) in [4.78, 5) is 0. The van der Waals surface area contributed by atoms with Crippen molar-refractivity contribution in [3.8, 4) is 11.5 Å². The van der Waals surface area contributed by atoms with Gasteiger partial charge in [-0.3, -0.25) is 0 Å². The van der Waals surface area contributed by atoms with Crippen molar-refractivity contribution < 1.29 is 4.74 Å². The van der Waals surface area contributed by atoms with Crippen molar-refractivity contribution >= 4 is 0 Å². The first-order chi connectivity index (χ1) is 16.2. The molecule has 0 aliphatic carbocycles. The molecule has 0 radical (unpaired) electrons. The van der Waals surface area contributed by atoms with Gasteiger partial charge in [0, 0.05) is 0 Å². The molecule has 2 aromatic carbocycles. The summed E-state index contributed by atoms with van der Waals surface area (Å²) in [5.41, 5.74) is 5.52. The Morgan fingerprint density at radius 3 is 1.24 bits per heavy atom. The minimum Gasteiger partial charge on any atom is -0.457 e. The maximum Gasteiger partial charge on any atom is 0.130 e. The molecule has 0 fully saturated rings. The number of benzene rings is 2. The number of unbranched alkanes of at least 4 members (excludes halogenated alkanes) is 12. The molecule has 0 amide bonds. The van der Waals surface area contributed by atoms with Crippen LogP contribution in [0, 0.1) is 13.8 Å². The molecule has 184 valence electrons. The maximum absolute atomic E-state index is 6.62. The van der Waals surface area contributed by atoms with Crippen LogP contribution in [0.4, 0.5) is 0 Å². The molecule has 0 saturated heterocycles. The molecule has 2 rings (SSSR count). The van der Waals surface area contributed by atoms with E-state index in [2.05, 4.69) is 64.1 Å². The molecule has 0 bridgehead atoms. The Balaban J connectivity index is 1.95. The van der Waals surface area contributed by atoms with Crippen LogP contribution in [-0.2, 0) is 12.8 Å². The minimum atomic E-state index is 1.06. The van der Waals surface area contributed by atoms with Crippen molar-refractivity contribution in [2.75, 3.05) is 0 Å². The summed E-state index contributed by atoms with van der Waals surface area (Å²) in [6.07, 6.45) is 21.1. The molecule has 1 nitrogen and oxygen atoms in total.